The number of hydrogen-bond donors (Lipinski definition) is 1. The van der Waals surface area contributed by atoms with Crippen molar-refractivity contribution >= 4 is 0 Å². The molecule has 14 heavy (non-hydrogen) atoms. The molecule has 0 aromatic heterocycles. The highest BCUT2D eigenvalue weighted by molar-refractivity contribution is 4.99. The van der Waals surface area contributed by atoms with Crippen LogP contribution in [0, 0.1) is 5.92 Å². The topological polar surface area (TPSA) is 15.3 Å². The quantitative estimate of drug-likeness (QED) is 0.630. The van der Waals surface area contributed by atoms with Crippen LogP contribution in [0.15, 0.2) is 12.2 Å². The third kappa shape index (κ3) is 6.17. The molecule has 0 aliphatic rings. The van der Waals surface area contributed by atoms with Gasteiger partial charge in [-0.2, -0.15) is 0 Å². The number of nitrogens with zero attached hydrogens (tertiary/aromatic N) is 1. The molecule has 1 unspecified atom stereocenters. The minimum Gasteiger partial charge on any atom is -0.316 e. The van der Waals surface area contributed by atoms with E-state index in [4.69, 9.17) is 0 Å². The molecule has 0 fully saturated rings. The lowest BCUT2D eigenvalue weighted by molar-refractivity contribution is 0.244. The zero-order chi connectivity index (χ0) is 11.1. The van der Waals surface area contributed by atoms with E-state index in [1.54, 1.807) is 0 Å². The first-order chi connectivity index (χ1) is 6.47. The lowest BCUT2D eigenvalue weighted by Gasteiger charge is -2.26. The Kier molecular flexibility index (Phi) is 6.85. The minimum absolute atomic E-state index is 0.642. The van der Waals surface area contributed by atoms with Gasteiger partial charge in [-0.25, -0.2) is 0 Å². The van der Waals surface area contributed by atoms with E-state index in [2.05, 4.69) is 44.6 Å². The fourth-order valence-electron chi connectivity index (χ4n) is 1.68. The fourth-order valence-corrected chi connectivity index (χ4v) is 1.68. The van der Waals surface area contributed by atoms with Crippen molar-refractivity contribution in [2.75, 3.05) is 27.2 Å². The third-order valence-electron chi connectivity index (χ3n) is 2.46. The van der Waals surface area contributed by atoms with Gasteiger partial charge >= 0.3 is 0 Å². The average Bonchev–Trinajstić information content (AvgIpc) is 2.02. The van der Waals surface area contributed by atoms with Crippen molar-refractivity contribution < 1.29 is 0 Å². The van der Waals surface area contributed by atoms with Crippen molar-refractivity contribution in [1.29, 1.82) is 0 Å². The van der Waals surface area contributed by atoms with Gasteiger partial charge < -0.3 is 5.32 Å². The molecular weight excluding hydrogens is 172 g/mol. The Balaban J connectivity index is 3.82. The second-order valence-electron chi connectivity index (χ2n) is 4.67. The van der Waals surface area contributed by atoms with Crippen molar-refractivity contribution in [3.05, 3.63) is 12.2 Å². The molecular formula is C12H26N2. The van der Waals surface area contributed by atoms with Crippen LogP contribution in [0.3, 0.4) is 0 Å². The molecule has 2 heteroatoms. The first-order valence-corrected chi connectivity index (χ1v) is 5.48. The molecule has 0 aliphatic heterocycles. The molecule has 0 rings (SSSR count). The predicted molar refractivity (Wildman–Crippen MR) is 64.6 cm³/mol. The van der Waals surface area contributed by atoms with Gasteiger partial charge in [-0.3, -0.25) is 4.90 Å². The first-order valence-electron chi connectivity index (χ1n) is 5.48. The predicted octanol–water partition coefficient (Wildman–Crippen LogP) is 2.13. The standard InChI is InChI=1S/C12H26N2/c1-10(2)7-12(4)14(6)9-11(3)8-13-5/h10,12-13H,3,7-9H2,1-2,4-6H3. The molecule has 0 aliphatic carbocycles. The van der Waals surface area contributed by atoms with E-state index in [0.717, 1.165) is 19.0 Å². The van der Waals surface area contributed by atoms with Gasteiger partial charge in [0.15, 0.2) is 0 Å². The average molecular weight is 198 g/mol. The summed E-state index contributed by atoms with van der Waals surface area (Å²) >= 11 is 0. The van der Waals surface area contributed by atoms with Gasteiger partial charge in [0.2, 0.25) is 0 Å². The molecule has 0 saturated heterocycles. The highest BCUT2D eigenvalue weighted by atomic mass is 15.1. The summed E-state index contributed by atoms with van der Waals surface area (Å²) in [6, 6.07) is 0.642. The summed E-state index contributed by atoms with van der Waals surface area (Å²) < 4.78 is 0. The van der Waals surface area contributed by atoms with Crippen LogP contribution < -0.4 is 5.32 Å². The molecule has 0 spiro atoms. The van der Waals surface area contributed by atoms with Crippen LogP contribution >= 0.6 is 0 Å². The van der Waals surface area contributed by atoms with Crippen LogP contribution in [0.1, 0.15) is 27.2 Å². The minimum atomic E-state index is 0.642. The monoisotopic (exact) mass is 198 g/mol. The Morgan fingerprint density at radius 3 is 2.36 bits per heavy atom. The van der Waals surface area contributed by atoms with E-state index in [1.807, 2.05) is 7.05 Å². The van der Waals surface area contributed by atoms with Gasteiger partial charge in [-0.05, 0) is 38.9 Å². The molecule has 0 amide bonds. The summed E-state index contributed by atoms with van der Waals surface area (Å²) in [5.41, 5.74) is 1.26. The molecule has 0 saturated carbocycles. The van der Waals surface area contributed by atoms with Gasteiger partial charge in [0, 0.05) is 19.1 Å². The zero-order valence-corrected chi connectivity index (χ0v) is 10.4. The normalized spacial score (nSPS) is 13.6. The summed E-state index contributed by atoms with van der Waals surface area (Å²) in [6.07, 6.45) is 1.25. The maximum Gasteiger partial charge on any atom is 0.0202 e. The largest absolute Gasteiger partial charge is 0.316 e. The van der Waals surface area contributed by atoms with E-state index < -0.39 is 0 Å². The van der Waals surface area contributed by atoms with Crippen molar-refractivity contribution in [1.82, 2.24) is 10.2 Å². The number of hydrogen-bond acceptors (Lipinski definition) is 2. The molecule has 0 aromatic carbocycles. The van der Waals surface area contributed by atoms with E-state index in [0.29, 0.717) is 6.04 Å². The Morgan fingerprint density at radius 2 is 1.93 bits per heavy atom. The second-order valence-corrected chi connectivity index (χ2v) is 4.67. The van der Waals surface area contributed by atoms with E-state index in [9.17, 15) is 0 Å². The van der Waals surface area contributed by atoms with Crippen molar-refractivity contribution in [3.8, 4) is 0 Å². The molecule has 0 aromatic rings. The number of rotatable bonds is 7. The smallest absolute Gasteiger partial charge is 0.0202 e. The zero-order valence-electron chi connectivity index (χ0n) is 10.4. The van der Waals surface area contributed by atoms with Crippen LogP contribution in [0.5, 0.6) is 0 Å². The molecule has 0 bridgehead atoms. The second kappa shape index (κ2) is 7.02. The van der Waals surface area contributed by atoms with Crippen LogP contribution in [-0.4, -0.2) is 38.1 Å². The van der Waals surface area contributed by atoms with Crippen molar-refractivity contribution in [3.63, 3.8) is 0 Å². The van der Waals surface area contributed by atoms with Crippen LogP contribution in [0.4, 0.5) is 0 Å². The summed E-state index contributed by atoms with van der Waals surface area (Å²) in [7, 11) is 4.14. The van der Waals surface area contributed by atoms with Crippen LogP contribution in [-0.2, 0) is 0 Å². The third-order valence-corrected chi connectivity index (χ3v) is 2.46. The number of nitrogens with one attached hydrogen (secondary N) is 1. The van der Waals surface area contributed by atoms with Crippen LogP contribution in [0.25, 0.3) is 0 Å². The first kappa shape index (κ1) is 13.7. The maximum absolute atomic E-state index is 4.04. The van der Waals surface area contributed by atoms with Crippen LogP contribution in [0.2, 0.25) is 0 Å². The summed E-state index contributed by atoms with van der Waals surface area (Å²) in [5, 5.41) is 3.13. The van der Waals surface area contributed by atoms with Gasteiger partial charge in [0.05, 0.1) is 0 Å². The summed E-state index contributed by atoms with van der Waals surface area (Å²) in [6.45, 7) is 12.8. The molecule has 1 atom stereocenters. The van der Waals surface area contributed by atoms with Gasteiger partial charge in [0.25, 0.3) is 0 Å². The lowest BCUT2D eigenvalue weighted by Crippen LogP contribution is -2.33. The fraction of sp³-hybridized carbons (Fsp3) is 0.833. The van der Waals surface area contributed by atoms with Gasteiger partial charge in [0.1, 0.15) is 0 Å². The molecule has 84 valence electrons. The van der Waals surface area contributed by atoms with E-state index in [-0.39, 0.29) is 0 Å². The Labute approximate surface area is 89.4 Å². The van der Waals surface area contributed by atoms with E-state index in [1.165, 1.54) is 12.0 Å². The van der Waals surface area contributed by atoms with Crippen molar-refractivity contribution in [2.24, 2.45) is 5.92 Å². The van der Waals surface area contributed by atoms with Gasteiger partial charge in [-0.15, -0.1) is 0 Å². The Morgan fingerprint density at radius 1 is 1.36 bits per heavy atom. The summed E-state index contributed by atoms with van der Waals surface area (Å²) in [4.78, 5) is 2.37. The van der Waals surface area contributed by atoms with Crippen molar-refractivity contribution in [2.45, 2.75) is 33.2 Å². The molecule has 2 nitrogen and oxygen atoms in total. The molecule has 1 N–H and O–H groups in total. The van der Waals surface area contributed by atoms with E-state index >= 15 is 0 Å². The Hall–Kier alpha value is -0.340. The lowest BCUT2D eigenvalue weighted by atomic mass is 10.0. The van der Waals surface area contributed by atoms with Gasteiger partial charge in [-0.1, -0.05) is 20.4 Å². The molecule has 0 radical (unpaired) electrons. The SMILES string of the molecule is C=C(CNC)CN(C)C(C)CC(C)C. The summed E-state index contributed by atoms with van der Waals surface area (Å²) in [5.74, 6) is 0.769. The highest BCUT2D eigenvalue weighted by Gasteiger charge is 2.11. The highest BCUT2D eigenvalue weighted by Crippen LogP contribution is 2.10. The molecule has 0 heterocycles. The Bertz CT molecular complexity index is 164. The number of likely N-dealkylation sites (N-methyl/N-ethyl adjacent to an activating group) is 2. The maximum atomic E-state index is 4.04.